The van der Waals surface area contributed by atoms with Crippen molar-refractivity contribution in [1.82, 2.24) is 0 Å². The van der Waals surface area contributed by atoms with Crippen LogP contribution in [-0.2, 0) is 21.1 Å². The van der Waals surface area contributed by atoms with Crippen molar-refractivity contribution in [1.29, 1.82) is 0 Å². The van der Waals surface area contributed by atoms with E-state index < -0.39 is 0 Å². The number of fused-ring (bicyclic) bond motifs is 2. The van der Waals surface area contributed by atoms with Gasteiger partial charge in [-0.2, -0.15) is 0 Å². The second-order valence-corrected chi connectivity index (χ2v) is 4.69. The quantitative estimate of drug-likeness (QED) is 0.357. The van der Waals surface area contributed by atoms with Crippen LogP contribution in [0.1, 0.15) is 0 Å². The van der Waals surface area contributed by atoms with Crippen LogP contribution in [0.3, 0.4) is 0 Å². The Morgan fingerprint density at radius 2 is 0.429 bits per heavy atom. The summed E-state index contributed by atoms with van der Waals surface area (Å²) in [6.07, 6.45) is 0. The molecular formula is C20H16Mo. The van der Waals surface area contributed by atoms with Crippen LogP contribution in [0.5, 0.6) is 0 Å². The molecule has 0 aliphatic heterocycles. The van der Waals surface area contributed by atoms with E-state index in [-0.39, 0.29) is 21.1 Å². The second-order valence-electron chi connectivity index (χ2n) is 4.69. The fourth-order valence-corrected chi connectivity index (χ4v) is 2.27. The molecule has 0 unspecified atom stereocenters. The van der Waals surface area contributed by atoms with Crippen molar-refractivity contribution in [3.05, 3.63) is 97.1 Å². The largest absolute Gasteiger partial charge is 0.0616 e. The Hall–Kier alpha value is -1.91. The standard InChI is InChI=1S/2C10H8.Mo/c2*1-2-6-10-8-4-3-7-9(10)5-1;/h2*1-8H;. The molecule has 0 heterocycles. The minimum Gasteiger partial charge on any atom is -0.0616 e. The van der Waals surface area contributed by atoms with Crippen molar-refractivity contribution in [3.8, 4) is 0 Å². The summed E-state index contributed by atoms with van der Waals surface area (Å²) in [6.45, 7) is 0. The van der Waals surface area contributed by atoms with Crippen LogP contribution in [0.25, 0.3) is 21.5 Å². The second kappa shape index (κ2) is 7.76. The maximum absolute atomic E-state index is 2.12. The third kappa shape index (κ3) is 4.03. The molecule has 0 nitrogen and oxygen atoms in total. The van der Waals surface area contributed by atoms with Crippen molar-refractivity contribution in [2.24, 2.45) is 0 Å². The van der Waals surface area contributed by atoms with Crippen LogP contribution in [0.15, 0.2) is 97.1 Å². The predicted molar refractivity (Wildman–Crippen MR) is 87.9 cm³/mol. The zero-order valence-electron chi connectivity index (χ0n) is 11.6. The Balaban J connectivity index is 0.000000147. The van der Waals surface area contributed by atoms with Gasteiger partial charge in [-0.3, -0.25) is 0 Å². The van der Waals surface area contributed by atoms with E-state index in [1.165, 1.54) is 21.5 Å². The van der Waals surface area contributed by atoms with Gasteiger partial charge in [-0.1, -0.05) is 97.1 Å². The first-order chi connectivity index (χ1) is 9.93. The predicted octanol–water partition coefficient (Wildman–Crippen LogP) is 5.68. The zero-order chi connectivity index (χ0) is 13.6. The van der Waals surface area contributed by atoms with Crippen LogP contribution in [-0.4, -0.2) is 0 Å². The van der Waals surface area contributed by atoms with E-state index in [0.717, 1.165) is 0 Å². The molecule has 0 amide bonds. The van der Waals surface area contributed by atoms with Gasteiger partial charge >= 0.3 is 0 Å². The molecular weight excluding hydrogens is 336 g/mol. The van der Waals surface area contributed by atoms with Crippen molar-refractivity contribution >= 4 is 21.5 Å². The monoisotopic (exact) mass is 354 g/mol. The first kappa shape index (κ1) is 15.5. The topological polar surface area (TPSA) is 0 Å². The summed E-state index contributed by atoms with van der Waals surface area (Å²) in [6, 6.07) is 33.4. The van der Waals surface area contributed by atoms with Crippen LogP contribution in [0.4, 0.5) is 0 Å². The van der Waals surface area contributed by atoms with E-state index >= 15 is 0 Å². The van der Waals surface area contributed by atoms with Gasteiger partial charge in [0.25, 0.3) is 0 Å². The van der Waals surface area contributed by atoms with Crippen molar-refractivity contribution in [2.45, 2.75) is 0 Å². The third-order valence-electron chi connectivity index (χ3n) is 3.32. The number of benzene rings is 4. The molecule has 4 aromatic carbocycles. The van der Waals surface area contributed by atoms with E-state index in [1.54, 1.807) is 0 Å². The van der Waals surface area contributed by atoms with Crippen LogP contribution < -0.4 is 0 Å². The molecule has 0 spiro atoms. The smallest absolute Gasteiger partial charge is 0 e. The molecule has 1 heteroatoms. The average Bonchev–Trinajstić information content (AvgIpc) is 2.56. The summed E-state index contributed by atoms with van der Waals surface area (Å²) in [5.41, 5.74) is 0. The molecule has 0 aliphatic carbocycles. The van der Waals surface area contributed by atoms with Crippen molar-refractivity contribution < 1.29 is 21.1 Å². The van der Waals surface area contributed by atoms with Gasteiger partial charge in [0.1, 0.15) is 0 Å². The molecule has 0 saturated heterocycles. The Morgan fingerprint density at radius 3 is 0.571 bits per heavy atom. The van der Waals surface area contributed by atoms with Gasteiger partial charge in [0.15, 0.2) is 0 Å². The van der Waals surface area contributed by atoms with Crippen molar-refractivity contribution in [2.75, 3.05) is 0 Å². The van der Waals surface area contributed by atoms with Crippen LogP contribution >= 0.6 is 0 Å². The Morgan fingerprint density at radius 1 is 0.286 bits per heavy atom. The minimum atomic E-state index is 0. The maximum atomic E-state index is 2.12. The summed E-state index contributed by atoms with van der Waals surface area (Å²) in [5.74, 6) is 0. The molecule has 0 aliphatic rings. The maximum Gasteiger partial charge on any atom is 0 e. The van der Waals surface area contributed by atoms with E-state index in [0.29, 0.717) is 0 Å². The van der Waals surface area contributed by atoms with Gasteiger partial charge in [0.2, 0.25) is 0 Å². The number of hydrogen-bond donors (Lipinski definition) is 0. The first-order valence-electron chi connectivity index (χ1n) is 6.81. The molecule has 0 aromatic heterocycles. The van der Waals surface area contributed by atoms with Gasteiger partial charge in [-0.05, 0) is 21.5 Å². The summed E-state index contributed by atoms with van der Waals surface area (Å²) in [5, 5.41) is 5.24. The number of hydrogen-bond acceptors (Lipinski definition) is 0. The Bertz CT molecular complexity index is 619. The summed E-state index contributed by atoms with van der Waals surface area (Å²) >= 11 is 0. The zero-order valence-corrected chi connectivity index (χ0v) is 13.7. The fourth-order valence-electron chi connectivity index (χ4n) is 2.27. The number of rotatable bonds is 0. The molecule has 21 heavy (non-hydrogen) atoms. The molecule has 0 bridgehead atoms. The van der Waals surface area contributed by atoms with E-state index in [1.807, 2.05) is 0 Å². The van der Waals surface area contributed by atoms with Gasteiger partial charge in [-0.25, -0.2) is 0 Å². The van der Waals surface area contributed by atoms with Gasteiger partial charge in [-0.15, -0.1) is 0 Å². The van der Waals surface area contributed by atoms with E-state index in [4.69, 9.17) is 0 Å². The molecule has 102 valence electrons. The third-order valence-corrected chi connectivity index (χ3v) is 3.32. The molecule has 0 fully saturated rings. The molecule has 0 radical (unpaired) electrons. The Labute approximate surface area is 139 Å². The normalized spacial score (nSPS) is 9.52. The molecule has 4 rings (SSSR count). The van der Waals surface area contributed by atoms with Gasteiger partial charge < -0.3 is 0 Å². The van der Waals surface area contributed by atoms with Gasteiger partial charge in [0, 0.05) is 21.1 Å². The SMILES string of the molecule is [Mo].c1ccc2ccccc2c1.c1ccc2ccccc2c1. The van der Waals surface area contributed by atoms with E-state index in [2.05, 4.69) is 97.1 Å². The van der Waals surface area contributed by atoms with Gasteiger partial charge in [0.05, 0.1) is 0 Å². The fraction of sp³-hybridized carbons (Fsp3) is 0. The minimum absolute atomic E-state index is 0. The Kier molecular flexibility index (Phi) is 5.72. The molecule has 0 N–H and O–H groups in total. The van der Waals surface area contributed by atoms with E-state index in [9.17, 15) is 0 Å². The first-order valence-corrected chi connectivity index (χ1v) is 6.81. The molecule has 4 aromatic rings. The van der Waals surface area contributed by atoms with Crippen molar-refractivity contribution in [3.63, 3.8) is 0 Å². The molecule has 0 saturated carbocycles. The van der Waals surface area contributed by atoms with Crippen LogP contribution in [0.2, 0.25) is 0 Å². The summed E-state index contributed by atoms with van der Waals surface area (Å²) in [4.78, 5) is 0. The van der Waals surface area contributed by atoms with Crippen LogP contribution in [0, 0.1) is 0 Å². The molecule has 0 atom stereocenters. The average molecular weight is 352 g/mol. The summed E-state index contributed by atoms with van der Waals surface area (Å²) < 4.78 is 0. The summed E-state index contributed by atoms with van der Waals surface area (Å²) in [7, 11) is 0.